The minimum Gasteiger partial charge on any atom is -1.00 e. The summed E-state index contributed by atoms with van der Waals surface area (Å²) in [6.07, 6.45) is 9.87. The Morgan fingerprint density at radius 1 is 1.25 bits per heavy atom. The Kier molecular flexibility index (Phi) is 5.67. The summed E-state index contributed by atoms with van der Waals surface area (Å²) in [6, 6.07) is 0. The third-order valence-electron chi connectivity index (χ3n) is 2.53. The van der Waals surface area contributed by atoms with Crippen molar-refractivity contribution in [3.8, 4) is 0 Å². The van der Waals surface area contributed by atoms with Crippen LogP contribution in [-0.2, 0) is 25.8 Å². The van der Waals surface area contributed by atoms with Gasteiger partial charge in [0.25, 0.3) is 0 Å². The number of halogens is 1. The molecule has 2 heteroatoms. The Labute approximate surface area is 99.7 Å². The van der Waals surface area contributed by atoms with Crippen LogP contribution in [0.25, 0.3) is 0 Å². The number of rotatable bonds is 0. The quantitative estimate of drug-likeness (QED) is 0.424. The zero-order chi connectivity index (χ0) is 6.97. The molecule has 12 heavy (non-hydrogen) atoms. The minimum absolute atomic E-state index is 0. The maximum atomic E-state index is 4.08. The predicted octanol–water partition coefficient (Wildman–Crippen LogP) is -0.121. The summed E-state index contributed by atoms with van der Waals surface area (Å²) in [5.74, 6) is 0.510. The van der Waals surface area contributed by atoms with E-state index in [1.54, 1.807) is 11.1 Å². The Morgan fingerprint density at radius 3 is 2.58 bits per heavy atom. The standard InChI is InChI=1S/C10H13.ClH.Hf/c1-8-6-7-9-4-2-3-5-10(8)9;;/h6-8H,1-5H2;1H;/q-1;;/p-1. The van der Waals surface area contributed by atoms with Gasteiger partial charge in [0.2, 0.25) is 0 Å². The van der Waals surface area contributed by atoms with Gasteiger partial charge in [-0.05, 0) is 25.7 Å². The van der Waals surface area contributed by atoms with Crippen LogP contribution < -0.4 is 12.4 Å². The van der Waals surface area contributed by atoms with Crippen LogP contribution in [0.5, 0.6) is 0 Å². The van der Waals surface area contributed by atoms with Crippen molar-refractivity contribution in [2.75, 3.05) is 0 Å². The Bertz CT molecular complexity index is 206. The van der Waals surface area contributed by atoms with Crippen molar-refractivity contribution in [2.24, 2.45) is 5.92 Å². The molecule has 0 spiro atoms. The molecule has 0 saturated carbocycles. The fraction of sp³-hybridized carbons (Fsp3) is 0.500. The van der Waals surface area contributed by atoms with Crippen molar-refractivity contribution in [1.29, 1.82) is 0 Å². The molecule has 2 aliphatic rings. The maximum Gasteiger partial charge on any atom is 0 e. The van der Waals surface area contributed by atoms with Crippen LogP contribution in [0, 0.1) is 12.8 Å². The number of hydrogen-bond donors (Lipinski definition) is 0. The molecule has 0 radical (unpaired) electrons. The van der Waals surface area contributed by atoms with Gasteiger partial charge < -0.3 is 19.3 Å². The summed E-state index contributed by atoms with van der Waals surface area (Å²) in [6.45, 7) is 4.08. The molecule has 66 valence electrons. The topological polar surface area (TPSA) is 0 Å². The third-order valence-corrected chi connectivity index (χ3v) is 2.53. The van der Waals surface area contributed by atoms with Gasteiger partial charge in [-0.15, -0.1) is 12.0 Å². The van der Waals surface area contributed by atoms with Gasteiger partial charge in [-0.2, -0.15) is 0 Å². The van der Waals surface area contributed by atoms with Crippen LogP contribution >= 0.6 is 0 Å². The molecule has 0 saturated heterocycles. The summed E-state index contributed by atoms with van der Waals surface area (Å²) < 4.78 is 0. The number of hydrogen-bond acceptors (Lipinski definition) is 0. The second-order valence-electron chi connectivity index (χ2n) is 3.22. The summed E-state index contributed by atoms with van der Waals surface area (Å²) in [5, 5.41) is 0. The van der Waals surface area contributed by atoms with E-state index in [1.807, 2.05) is 0 Å². The molecule has 0 aromatic rings. The molecule has 0 N–H and O–H groups in total. The first kappa shape index (κ1) is 12.6. The van der Waals surface area contributed by atoms with E-state index in [1.165, 1.54) is 25.7 Å². The Morgan fingerprint density at radius 2 is 1.92 bits per heavy atom. The van der Waals surface area contributed by atoms with E-state index in [2.05, 4.69) is 19.1 Å². The van der Waals surface area contributed by atoms with Crippen LogP contribution in [0.2, 0.25) is 0 Å². The largest absolute Gasteiger partial charge is 1.00 e. The average molecular weight is 347 g/mol. The molecule has 0 aliphatic heterocycles. The average Bonchev–Trinajstić information content (AvgIpc) is 2.34. The van der Waals surface area contributed by atoms with Crippen LogP contribution in [0.15, 0.2) is 23.3 Å². The molecular formula is C10H13ClHf-2. The predicted molar refractivity (Wildman–Crippen MR) is 43.5 cm³/mol. The zero-order valence-corrected chi connectivity index (χ0v) is 11.5. The molecule has 0 aromatic carbocycles. The second-order valence-corrected chi connectivity index (χ2v) is 3.22. The van der Waals surface area contributed by atoms with Crippen LogP contribution in [0.4, 0.5) is 0 Å². The normalized spacial score (nSPS) is 25.9. The second kappa shape index (κ2) is 5.39. The van der Waals surface area contributed by atoms with Crippen molar-refractivity contribution in [1.82, 2.24) is 0 Å². The molecule has 0 bridgehead atoms. The van der Waals surface area contributed by atoms with E-state index in [0.29, 0.717) is 5.92 Å². The summed E-state index contributed by atoms with van der Waals surface area (Å²) in [7, 11) is 0. The van der Waals surface area contributed by atoms with Gasteiger partial charge in [-0.3, -0.25) is 0 Å². The van der Waals surface area contributed by atoms with Crippen molar-refractivity contribution in [3.63, 3.8) is 0 Å². The van der Waals surface area contributed by atoms with E-state index >= 15 is 0 Å². The molecule has 2 aliphatic carbocycles. The summed E-state index contributed by atoms with van der Waals surface area (Å²) in [5.41, 5.74) is 3.21. The summed E-state index contributed by atoms with van der Waals surface area (Å²) in [4.78, 5) is 0. The van der Waals surface area contributed by atoms with Crippen molar-refractivity contribution < 1.29 is 38.3 Å². The third kappa shape index (κ3) is 2.32. The monoisotopic (exact) mass is 348 g/mol. The van der Waals surface area contributed by atoms with E-state index in [0.717, 1.165) is 0 Å². The van der Waals surface area contributed by atoms with Gasteiger partial charge in [-0.25, -0.2) is 0 Å². The fourth-order valence-corrected chi connectivity index (χ4v) is 1.91. The molecule has 0 fully saturated rings. The van der Waals surface area contributed by atoms with Gasteiger partial charge in [-0.1, -0.05) is 17.2 Å². The molecule has 0 aromatic heterocycles. The van der Waals surface area contributed by atoms with Gasteiger partial charge >= 0.3 is 0 Å². The SMILES string of the molecule is [CH2-]C1C=CC2=C1CCCC2.[Cl-].[Hf]. The molecule has 1 atom stereocenters. The van der Waals surface area contributed by atoms with Crippen LogP contribution in [0.1, 0.15) is 25.7 Å². The van der Waals surface area contributed by atoms with Crippen LogP contribution in [-0.4, -0.2) is 0 Å². The molecule has 0 heterocycles. The van der Waals surface area contributed by atoms with Crippen molar-refractivity contribution in [2.45, 2.75) is 25.7 Å². The van der Waals surface area contributed by atoms with Gasteiger partial charge in [0, 0.05) is 25.8 Å². The molecule has 0 nitrogen and oxygen atoms in total. The van der Waals surface area contributed by atoms with E-state index < -0.39 is 0 Å². The van der Waals surface area contributed by atoms with Gasteiger partial charge in [0.1, 0.15) is 0 Å². The maximum absolute atomic E-state index is 4.08. The van der Waals surface area contributed by atoms with E-state index in [-0.39, 0.29) is 38.3 Å². The number of allylic oxidation sites excluding steroid dienone is 4. The summed E-state index contributed by atoms with van der Waals surface area (Å²) >= 11 is 0. The van der Waals surface area contributed by atoms with Crippen molar-refractivity contribution in [3.05, 3.63) is 30.2 Å². The molecule has 2 rings (SSSR count). The van der Waals surface area contributed by atoms with Gasteiger partial charge in [0.15, 0.2) is 0 Å². The zero-order valence-electron chi connectivity index (χ0n) is 7.15. The van der Waals surface area contributed by atoms with Crippen molar-refractivity contribution >= 4 is 0 Å². The first-order valence-corrected chi connectivity index (χ1v) is 4.11. The smallest absolute Gasteiger partial charge is 0 e. The Hall–Kier alpha value is 0.640. The van der Waals surface area contributed by atoms with E-state index in [4.69, 9.17) is 0 Å². The van der Waals surface area contributed by atoms with E-state index in [9.17, 15) is 0 Å². The first-order chi connectivity index (χ1) is 4.88. The molecule has 1 unspecified atom stereocenters. The van der Waals surface area contributed by atoms with Crippen LogP contribution in [0.3, 0.4) is 0 Å². The first-order valence-electron chi connectivity index (χ1n) is 4.11. The molecule has 0 amide bonds. The van der Waals surface area contributed by atoms with Gasteiger partial charge in [0.05, 0.1) is 0 Å². The molecular weight excluding hydrogens is 334 g/mol. The fourth-order valence-electron chi connectivity index (χ4n) is 1.91. The minimum atomic E-state index is 0. The Balaban J connectivity index is 0.000000605.